The van der Waals surface area contributed by atoms with Crippen LogP contribution in [0.15, 0.2) is 79.3 Å². The number of rotatable bonds is 4. The fraction of sp³-hybridized carbons (Fsp3) is 0.192. The molecule has 0 spiro atoms. The van der Waals surface area contributed by atoms with Crippen molar-refractivity contribution in [3.05, 3.63) is 90.4 Å². The van der Waals surface area contributed by atoms with Gasteiger partial charge in [-0.3, -0.25) is 9.78 Å². The molecule has 0 unspecified atom stereocenters. The summed E-state index contributed by atoms with van der Waals surface area (Å²) in [6.07, 6.45) is 5.11. The summed E-state index contributed by atoms with van der Waals surface area (Å²) in [6, 6.07) is 19.9. The number of aliphatic hydroxyl groups excluding tert-OH is 1. The molecule has 1 aliphatic heterocycles. The first-order valence-electron chi connectivity index (χ1n) is 10.8. The molecule has 3 aromatic carbocycles. The number of benzene rings is 3. The van der Waals surface area contributed by atoms with Crippen molar-refractivity contribution in [2.75, 3.05) is 31.1 Å². The van der Waals surface area contributed by atoms with Crippen molar-refractivity contribution < 1.29 is 9.90 Å². The first kappa shape index (κ1) is 20.2. The van der Waals surface area contributed by atoms with Crippen molar-refractivity contribution in [3.8, 4) is 11.1 Å². The largest absolute Gasteiger partial charge is 0.392 e. The van der Waals surface area contributed by atoms with Gasteiger partial charge in [0.15, 0.2) is 0 Å². The van der Waals surface area contributed by atoms with Crippen LogP contribution in [0.1, 0.15) is 15.9 Å². The van der Waals surface area contributed by atoms with Crippen LogP contribution in [0.4, 0.5) is 5.82 Å². The van der Waals surface area contributed by atoms with E-state index < -0.39 is 0 Å². The summed E-state index contributed by atoms with van der Waals surface area (Å²) in [5.41, 5.74) is 3.66. The number of hydrogen-bond acceptors (Lipinski definition) is 5. The van der Waals surface area contributed by atoms with Gasteiger partial charge in [0.25, 0.3) is 5.91 Å². The predicted molar refractivity (Wildman–Crippen MR) is 125 cm³/mol. The minimum atomic E-state index is -0.0102. The first-order chi connectivity index (χ1) is 15.7. The van der Waals surface area contributed by atoms with Gasteiger partial charge in [-0.1, -0.05) is 48.5 Å². The number of anilines is 1. The zero-order valence-corrected chi connectivity index (χ0v) is 17.7. The van der Waals surface area contributed by atoms with E-state index in [1.54, 1.807) is 18.6 Å². The van der Waals surface area contributed by atoms with Crippen molar-refractivity contribution in [1.82, 2.24) is 14.9 Å². The van der Waals surface area contributed by atoms with E-state index in [1.165, 1.54) is 0 Å². The van der Waals surface area contributed by atoms with Gasteiger partial charge in [0.2, 0.25) is 0 Å². The smallest absolute Gasteiger partial charge is 0.253 e. The van der Waals surface area contributed by atoms with Crippen LogP contribution in [0.2, 0.25) is 0 Å². The van der Waals surface area contributed by atoms with Gasteiger partial charge in [0, 0.05) is 44.1 Å². The molecule has 0 aliphatic carbocycles. The van der Waals surface area contributed by atoms with Gasteiger partial charge >= 0.3 is 0 Å². The number of amides is 1. The standard InChI is InChI=1S/C26H24N4O2/c31-18-21-4-1-2-6-22(21)24-7-3-5-19-16-20(8-9-23(19)24)26(32)30-14-12-29(13-15-30)25-17-27-10-11-28-25/h1-11,16-17,31H,12-15,18H2. The predicted octanol–water partition coefficient (Wildman–Crippen LogP) is 3.75. The molecular weight excluding hydrogens is 400 g/mol. The van der Waals surface area contributed by atoms with Crippen molar-refractivity contribution in [2.45, 2.75) is 6.61 Å². The highest BCUT2D eigenvalue weighted by atomic mass is 16.3. The Labute approximate surface area is 186 Å². The SMILES string of the molecule is O=C(c1ccc2c(-c3ccccc3CO)cccc2c1)N1CCN(c2cnccn2)CC1. The zero-order chi connectivity index (χ0) is 21.9. The van der Waals surface area contributed by atoms with E-state index in [2.05, 4.69) is 20.9 Å². The maximum atomic E-state index is 13.2. The second-order valence-corrected chi connectivity index (χ2v) is 7.90. The first-order valence-corrected chi connectivity index (χ1v) is 10.8. The number of aliphatic hydroxyl groups is 1. The number of carbonyl (C=O) groups is 1. The highest BCUT2D eigenvalue weighted by Gasteiger charge is 2.23. The summed E-state index contributed by atoms with van der Waals surface area (Å²) in [5.74, 6) is 0.896. The fourth-order valence-electron chi connectivity index (χ4n) is 4.35. The maximum Gasteiger partial charge on any atom is 0.253 e. The Bertz CT molecular complexity index is 1250. The summed E-state index contributed by atoms with van der Waals surface area (Å²) >= 11 is 0. The van der Waals surface area contributed by atoms with E-state index in [0.29, 0.717) is 18.7 Å². The summed E-state index contributed by atoms with van der Waals surface area (Å²) in [6.45, 7) is 2.76. The van der Waals surface area contributed by atoms with E-state index in [-0.39, 0.29) is 12.5 Å². The van der Waals surface area contributed by atoms with Crippen molar-refractivity contribution in [2.24, 2.45) is 0 Å². The number of aromatic nitrogens is 2. The van der Waals surface area contributed by atoms with Crippen LogP contribution in [0, 0.1) is 0 Å². The van der Waals surface area contributed by atoms with Crippen molar-refractivity contribution >= 4 is 22.5 Å². The molecule has 1 saturated heterocycles. The van der Waals surface area contributed by atoms with E-state index in [1.807, 2.05) is 59.5 Å². The molecule has 1 fully saturated rings. The third-order valence-electron chi connectivity index (χ3n) is 6.05. The molecule has 2 heterocycles. The lowest BCUT2D eigenvalue weighted by atomic mass is 9.94. The molecular formula is C26H24N4O2. The second kappa shape index (κ2) is 8.77. The van der Waals surface area contributed by atoms with E-state index >= 15 is 0 Å². The average Bonchev–Trinajstić information content (AvgIpc) is 2.88. The summed E-state index contributed by atoms with van der Waals surface area (Å²) in [5, 5.41) is 11.8. The van der Waals surface area contributed by atoms with E-state index in [4.69, 9.17) is 0 Å². The van der Waals surface area contributed by atoms with Gasteiger partial charge in [-0.2, -0.15) is 0 Å². The average molecular weight is 425 g/mol. The quantitative estimate of drug-likeness (QED) is 0.540. The van der Waals surface area contributed by atoms with Crippen LogP contribution in [-0.4, -0.2) is 52.1 Å². The molecule has 6 nitrogen and oxygen atoms in total. The van der Waals surface area contributed by atoms with Crippen LogP contribution in [-0.2, 0) is 6.61 Å². The van der Waals surface area contributed by atoms with Gasteiger partial charge in [-0.25, -0.2) is 4.98 Å². The van der Waals surface area contributed by atoms with Crippen molar-refractivity contribution in [1.29, 1.82) is 0 Å². The summed E-state index contributed by atoms with van der Waals surface area (Å²) in [4.78, 5) is 25.7. The van der Waals surface area contributed by atoms with Crippen LogP contribution < -0.4 is 4.90 Å². The highest BCUT2D eigenvalue weighted by Crippen LogP contribution is 2.32. The van der Waals surface area contributed by atoms with Gasteiger partial charge in [0.1, 0.15) is 5.82 Å². The lowest BCUT2D eigenvalue weighted by Crippen LogP contribution is -2.49. The molecule has 1 N–H and O–H groups in total. The molecule has 1 amide bonds. The molecule has 0 radical (unpaired) electrons. The molecule has 160 valence electrons. The third kappa shape index (κ3) is 3.81. The molecule has 5 rings (SSSR count). The highest BCUT2D eigenvalue weighted by molar-refractivity contribution is 6.03. The van der Waals surface area contributed by atoms with E-state index in [0.717, 1.165) is 46.4 Å². The second-order valence-electron chi connectivity index (χ2n) is 7.90. The van der Waals surface area contributed by atoms with Gasteiger partial charge in [-0.05, 0) is 39.6 Å². The molecule has 32 heavy (non-hydrogen) atoms. The van der Waals surface area contributed by atoms with Gasteiger partial charge in [-0.15, -0.1) is 0 Å². The Kier molecular flexibility index (Phi) is 5.52. The van der Waals surface area contributed by atoms with Crippen molar-refractivity contribution in [3.63, 3.8) is 0 Å². The Morgan fingerprint density at radius 2 is 1.72 bits per heavy atom. The molecule has 0 saturated carbocycles. The minimum absolute atomic E-state index is 0.0102. The zero-order valence-electron chi connectivity index (χ0n) is 17.7. The normalized spacial score (nSPS) is 14.0. The monoisotopic (exact) mass is 424 g/mol. The Morgan fingerprint density at radius 1 is 0.906 bits per heavy atom. The number of piperazine rings is 1. The molecule has 6 heteroatoms. The molecule has 0 bridgehead atoms. The van der Waals surface area contributed by atoms with Crippen LogP contribution in [0.3, 0.4) is 0 Å². The Balaban J connectivity index is 1.38. The lowest BCUT2D eigenvalue weighted by molar-refractivity contribution is 0.0746. The lowest BCUT2D eigenvalue weighted by Gasteiger charge is -2.35. The van der Waals surface area contributed by atoms with Gasteiger partial charge in [0.05, 0.1) is 12.8 Å². The van der Waals surface area contributed by atoms with Crippen LogP contribution in [0.25, 0.3) is 21.9 Å². The van der Waals surface area contributed by atoms with Crippen LogP contribution in [0.5, 0.6) is 0 Å². The molecule has 1 aliphatic rings. The summed E-state index contributed by atoms with van der Waals surface area (Å²) < 4.78 is 0. The number of carbonyl (C=O) groups excluding carboxylic acids is 1. The Morgan fingerprint density at radius 3 is 2.50 bits per heavy atom. The Hall–Kier alpha value is -3.77. The minimum Gasteiger partial charge on any atom is -0.392 e. The summed E-state index contributed by atoms with van der Waals surface area (Å²) in [7, 11) is 0. The van der Waals surface area contributed by atoms with Gasteiger partial charge < -0.3 is 14.9 Å². The molecule has 4 aromatic rings. The topological polar surface area (TPSA) is 69.6 Å². The third-order valence-corrected chi connectivity index (χ3v) is 6.05. The number of nitrogens with zero attached hydrogens (tertiary/aromatic N) is 4. The number of fused-ring (bicyclic) bond motifs is 1. The maximum absolute atomic E-state index is 13.2. The number of hydrogen-bond donors (Lipinski definition) is 1. The van der Waals surface area contributed by atoms with E-state index in [9.17, 15) is 9.90 Å². The molecule has 1 aromatic heterocycles. The fourth-order valence-corrected chi connectivity index (χ4v) is 4.35. The van der Waals surface area contributed by atoms with Crippen LogP contribution >= 0.6 is 0 Å². The molecule has 0 atom stereocenters.